The van der Waals surface area contributed by atoms with Gasteiger partial charge < -0.3 is 15.0 Å². The third kappa shape index (κ3) is 4.93. The van der Waals surface area contributed by atoms with Gasteiger partial charge >= 0.3 is 0 Å². The standard InChI is InChI=1S/C29H33N5O3/c1-17(2)25-18(3)33(16-24(35)30-23-14-10-20(11-15-23)19-6-7-19)28-31-26(32-34(28)27(25)36)21-8-12-22(13-9-21)29(4,5)37/h8-15,17,19,37H,6-7,16H2,1-5H3,(H,30,35). The lowest BCUT2D eigenvalue weighted by molar-refractivity contribution is -0.116. The lowest BCUT2D eigenvalue weighted by atomic mass is 9.97. The fourth-order valence-electron chi connectivity index (χ4n) is 4.78. The van der Waals surface area contributed by atoms with Gasteiger partial charge in [-0.15, -0.1) is 5.10 Å². The zero-order valence-electron chi connectivity index (χ0n) is 21.9. The van der Waals surface area contributed by atoms with Crippen molar-refractivity contribution in [3.63, 3.8) is 0 Å². The fourth-order valence-corrected chi connectivity index (χ4v) is 4.78. The molecule has 5 rings (SSSR count). The molecule has 0 radical (unpaired) electrons. The summed E-state index contributed by atoms with van der Waals surface area (Å²) in [4.78, 5) is 31.1. The zero-order valence-corrected chi connectivity index (χ0v) is 21.9. The number of nitrogens with one attached hydrogen (secondary N) is 1. The van der Waals surface area contributed by atoms with Crippen molar-refractivity contribution in [3.8, 4) is 11.4 Å². The first-order chi connectivity index (χ1) is 17.5. The van der Waals surface area contributed by atoms with Crippen molar-refractivity contribution in [2.24, 2.45) is 0 Å². The van der Waals surface area contributed by atoms with Crippen LogP contribution in [-0.2, 0) is 16.9 Å². The Balaban J connectivity index is 1.51. The van der Waals surface area contributed by atoms with Crippen LogP contribution in [0.3, 0.4) is 0 Å². The molecular formula is C29H33N5O3. The number of carbonyl (C=O) groups is 1. The van der Waals surface area contributed by atoms with Crippen LogP contribution in [-0.4, -0.2) is 30.2 Å². The van der Waals surface area contributed by atoms with Crippen LogP contribution in [0.1, 0.15) is 74.8 Å². The molecule has 8 heteroatoms. The molecule has 8 nitrogen and oxygen atoms in total. The molecular weight excluding hydrogens is 466 g/mol. The van der Waals surface area contributed by atoms with E-state index in [4.69, 9.17) is 0 Å². The van der Waals surface area contributed by atoms with Crippen LogP contribution in [0.25, 0.3) is 17.2 Å². The molecule has 2 heterocycles. The highest BCUT2D eigenvalue weighted by molar-refractivity contribution is 5.90. The number of hydrogen-bond acceptors (Lipinski definition) is 5. The van der Waals surface area contributed by atoms with Crippen molar-refractivity contribution in [2.45, 2.75) is 71.4 Å². The topological polar surface area (TPSA) is 102 Å². The molecule has 0 saturated heterocycles. The lowest BCUT2D eigenvalue weighted by Crippen LogP contribution is -2.29. The molecule has 1 aliphatic carbocycles. The van der Waals surface area contributed by atoms with Crippen LogP contribution in [0.5, 0.6) is 0 Å². The zero-order chi connectivity index (χ0) is 26.5. The number of benzene rings is 2. The largest absolute Gasteiger partial charge is 0.386 e. The van der Waals surface area contributed by atoms with E-state index in [2.05, 4.69) is 27.5 Å². The van der Waals surface area contributed by atoms with Crippen molar-refractivity contribution in [2.75, 3.05) is 5.32 Å². The summed E-state index contributed by atoms with van der Waals surface area (Å²) >= 11 is 0. The van der Waals surface area contributed by atoms with E-state index < -0.39 is 5.60 Å². The van der Waals surface area contributed by atoms with Crippen molar-refractivity contribution in [1.82, 2.24) is 19.2 Å². The first-order valence-corrected chi connectivity index (χ1v) is 12.8. The summed E-state index contributed by atoms with van der Waals surface area (Å²) in [5, 5.41) is 17.8. The van der Waals surface area contributed by atoms with Gasteiger partial charge in [0.1, 0.15) is 6.54 Å². The van der Waals surface area contributed by atoms with Gasteiger partial charge in [-0.25, -0.2) is 0 Å². The summed E-state index contributed by atoms with van der Waals surface area (Å²) in [6.45, 7) is 9.20. The van der Waals surface area contributed by atoms with Crippen molar-refractivity contribution in [1.29, 1.82) is 0 Å². The molecule has 2 aromatic heterocycles. The molecule has 1 aliphatic rings. The van der Waals surface area contributed by atoms with Gasteiger partial charge in [-0.2, -0.15) is 9.50 Å². The molecule has 192 valence electrons. The first-order valence-electron chi connectivity index (χ1n) is 12.8. The number of anilines is 1. The number of nitrogens with zero attached hydrogens (tertiary/aromatic N) is 4. The maximum absolute atomic E-state index is 13.4. The van der Waals surface area contributed by atoms with E-state index in [-0.39, 0.29) is 23.9 Å². The number of aromatic nitrogens is 4. The summed E-state index contributed by atoms with van der Waals surface area (Å²) in [5.41, 5.74) is 3.62. The minimum absolute atomic E-state index is 0.00448. The predicted octanol–water partition coefficient (Wildman–Crippen LogP) is 4.73. The second kappa shape index (κ2) is 9.27. The van der Waals surface area contributed by atoms with Gasteiger partial charge in [0, 0.05) is 22.5 Å². The average molecular weight is 500 g/mol. The smallest absolute Gasteiger partial charge is 0.279 e. The number of fused-ring (bicyclic) bond motifs is 1. The Morgan fingerprint density at radius 3 is 2.32 bits per heavy atom. The highest BCUT2D eigenvalue weighted by Crippen LogP contribution is 2.40. The van der Waals surface area contributed by atoms with Gasteiger partial charge in [0.15, 0.2) is 5.82 Å². The van der Waals surface area contributed by atoms with E-state index in [0.29, 0.717) is 34.3 Å². The molecule has 2 N–H and O–H groups in total. The molecule has 0 unspecified atom stereocenters. The summed E-state index contributed by atoms with van der Waals surface area (Å²) in [6, 6.07) is 15.3. The van der Waals surface area contributed by atoms with Crippen LogP contribution >= 0.6 is 0 Å². The molecule has 0 bridgehead atoms. The molecule has 1 fully saturated rings. The lowest BCUT2D eigenvalue weighted by Gasteiger charge is -2.17. The second-order valence-corrected chi connectivity index (χ2v) is 10.8. The summed E-state index contributed by atoms with van der Waals surface area (Å²) in [5.74, 6) is 1.09. The average Bonchev–Trinajstić information content (AvgIpc) is 3.59. The second-order valence-electron chi connectivity index (χ2n) is 10.8. The Morgan fingerprint density at radius 1 is 1.11 bits per heavy atom. The third-order valence-electron chi connectivity index (χ3n) is 7.02. The Kier molecular flexibility index (Phi) is 6.23. The Morgan fingerprint density at radius 2 is 1.76 bits per heavy atom. The first kappa shape index (κ1) is 24.9. The van der Waals surface area contributed by atoms with Gasteiger partial charge in [0.05, 0.1) is 5.60 Å². The minimum Gasteiger partial charge on any atom is -0.386 e. The summed E-state index contributed by atoms with van der Waals surface area (Å²) in [6.07, 6.45) is 2.46. The molecule has 1 saturated carbocycles. The van der Waals surface area contributed by atoms with Gasteiger partial charge in [-0.05, 0) is 68.7 Å². The summed E-state index contributed by atoms with van der Waals surface area (Å²) < 4.78 is 3.05. The number of aliphatic hydroxyl groups is 1. The highest BCUT2D eigenvalue weighted by Gasteiger charge is 2.24. The molecule has 2 aromatic carbocycles. The van der Waals surface area contributed by atoms with Crippen LogP contribution in [0.4, 0.5) is 5.69 Å². The maximum Gasteiger partial charge on any atom is 0.279 e. The number of carbonyl (C=O) groups excluding carboxylic acids is 1. The molecule has 0 atom stereocenters. The van der Waals surface area contributed by atoms with Crippen molar-refractivity contribution in [3.05, 3.63) is 81.3 Å². The van der Waals surface area contributed by atoms with Gasteiger partial charge in [0.2, 0.25) is 11.7 Å². The van der Waals surface area contributed by atoms with E-state index in [9.17, 15) is 14.7 Å². The predicted molar refractivity (Wildman–Crippen MR) is 144 cm³/mol. The van der Waals surface area contributed by atoms with E-state index in [0.717, 1.165) is 11.3 Å². The molecule has 1 amide bonds. The van der Waals surface area contributed by atoms with Crippen LogP contribution in [0.2, 0.25) is 0 Å². The van der Waals surface area contributed by atoms with Gasteiger partial charge in [-0.3, -0.25) is 9.59 Å². The van der Waals surface area contributed by atoms with Gasteiger partial charge in [-0.1, -0.05) is 50.2 Å². The number of rotatable bonds is 7. The molecule has 0 aliphatic heterocycles. The number of hydrogen-bond donors (Lipinski definition) is 2. The quantitative estimate of drug-likeness (QED) is 0.383. The minimum atomic E-state index is -0.967. The summed E-state index contributed by atoms with van der Waals surface area (Å²) in [7, 11) is 0. The van der Waals surface area contributed by atoms with Crippen molar-refractivity contribution >= 4 is 17.4 Å². The van der Waals surface area contributed by atoms with E-state index in [1.165, 1.54) is 22.9 Å². The van der Waals surface area contributed by atoms with Gasteiger partial charge in [0.25, 0.3) is 5.56 Å². The van der Waals surface area contributed by atoms with Crippen LogP contribution in [0, 0.1) is 6.92 Å². The molecule has 4 aromatic rings. The normalized spacial score (nSPS) is 13.9. The van der Waals surface area contributed by atoms with E-state index >= 15 is 0 Å². The van der Waals surface area contributed by atoms with E-state index in [1.807, 2.05) is 57.2 Å². The highest BCUT2D eigenvalue weighted by atomic mass is 16.3. The SMILES string of the molecule is Cc1c(C(C)C)c(=O)n2nc(-c3ccc(C(C)(C)O)cc3)nc2n1CC(=O)Nc1ccc(C2CC2)cc1. The van der Waals surface area contributed by atoms with Crippen LogP contribution < -0.4 is 10.9 Å². The molecule has 0 spiro atoms. The Labute approximate surface area is 216 Å². The Bertz CT molecular complexity index is 1520. The fraction of sp³-hybridized carbons (Fsp3) is 0.379. The maximum atomic E-state index is 13.4. The monoisotopic (exact) mass is 499 g/mol. The third-order valence-corrected chi connectivity index (χ3v) is 7.02. The van der Waals surface area contributed by atoms with Crippen molar-refractivity contribution < 1.29 is 9.90 Å². The van der Waals surface area contributed by atoms with E-state index in [1.54, 1.807) is 18.4 Å². The Hall–Kier alpha value is -3.78. The molecule has 37 heavy (non-hydrogen) atoms. The van der Waals surface area contributed by atoms with Crippen LogP contribution in [0.15, 0.2) is 53.3 Å². The number of amides is 1.